The zero-order valence-electron chi connectivity index (χ0n) is 19.1. The topological polar surface area (TPSA) is 116 Å². The van der Waals surface area contributed by atoms with Crippen LogP contribution in [0.5, 0.6) is 11.5 Å². The van der Waals surface area contributed by atoms with Crippen LogP contribution in [0.25, 0.3) is 33.5 Å². The molecule has 0 amide bonds. The Morgan fingerprint density at radius 2 is 1.97 bits per heavy atom. The highest BCUT2D eigenvalue weighted by molar-refractivity contribution is 9.10. The fourth-order valence-corrected chi connectivity index (χ4v) is 4.37. The van der Waals surface area contributed by atoms with Crippen LogP contribution in [-0.2, 0) is 4.79 Å². The van der Waals surface area contributed by atoms with Crippen molar-refractivity contribution < 1.29 is 23.8 Å². The Bertz CT molecular complexity index is 1730. The van der Waals surface area contributed by atoms with E-state index in [1.807, 2.05) is 24.3 Å². The molecule has 37 heavy (non-hydrogen) atoms. The highest BCUT2D eigenvalue weighted by Gasteiger charge is 2.19. The minimum atomic E-state index is -1.17. The van der Waals surface area contributed by atoms with Crippen molar-refractivity contribution in [3.63, 3.8) is 0 Å². The lowest BCUT2D eigenvalue weighted by atomic mass is 10.2. The second-order valence-corrected chi connectivity index (χ2v) is 8.94. The molecule has 5 aromatic rings. The van der Waals surface area contributed by atoms with Crippen LogP contribution in [0, 0.1) is 0 Å². The summed E-state index contributed by atoms with van der Waals surface area (Å²) < 4.78 is 18.1. The van der Waals surface area contributed by atoms with Crippen molar-refractivity contribution in [2.45, 2.75) is 0 Å². The van der Waals surface area contributed by atoms with Gasteiger partial charge in [0, 0.05) is 15.4 Å². The number of para-hydroxylation sites is 2. The summed E-state index contributed by atoms with van der Waals surface area (Å²) in [6.45, 7) is -0.602. The van der Waals surface area contributed by atoms with Gasteiger partial charge in [0.2, 0.25) is 5.82 Å². The number of fused-ring (bicyclic) bond motifs is 2. The van der Waals surface area contributed by atoms with Gasteiger partial charge in [-0.05, 0) is 46.3 Å². The van der Waals surface area contributed by atoms with Crippen molar-refractivity contribution in [1.82, 2.24) is 9.66 Å². The third-order valence-corrected chi connectivity index (χ3v) is 6.87. The smallest absolute Gasteiger partial charge is 0.341 e. The molecule has 2 heterocycles. The van der Waals surface area contributed by atoms with Gasteiger partial charge in [-0.25, -0.2) is 9.78 Å². The molecule has 5 rings (SSSR count). The van der Waals surface area contributed by atoms with Crippen molar-refractivity contribution in [3.8, 4) is 23.1 Å². The number of hydrogen-bond donors (Lipinski definition) is 1. The Morgan fingerprint density at radius 1 is 1.22 bits per heavy atom. The van der Waals surface area contributed by atoms with Gasteiger partial charge in [-0.15, -0.1) is 0 Å². The highest BCUT2D eigenvalue weighted by atomic mass is 79.9. The Hall–Kier alpha value is -4.15. The molecule has 9 nitrogen and oxygen atoms in total. The third-order valence-electron chi connectivity index (χ3n) is 5.43. The van der Waals surface area contributed by atoms with Crippen LogP contribution < -0.4 is 15.0 Å². The Morgan fingerprint density at radius 3 is 2.73 bits per heavy atom. The van der Waals surface area contributed by atoms with Crippen LogP contribution in [0.4, 0.5) is 0 Å². The molecule has 11 heteroatoms. The van der Waals surface area contributed by atoms with E-state index in [9.17, 15) is 9.59 Å². The Balaban J connectivity index is 1.66. The summed E-state index contributed by atoms with van der Waals surface area (Å²) in [5.41, 5.74) is 1.19. The number of nitrogens with zero attached hydrogens (tertiary/aromatic N) is 3. The Labute approximate surface area is 222 Å². The lowest BCUT2D eigenvalue weighted by molar-refractivity contribution is -0.139. The van der Waals surface area contributed by atoms with E-state index in [4.69, 9.17) is 30.6 Å². The number of aliphatic carboxylic acids is 1. The zero-order valence-corrected chi connectivity index (χ0v) is 21.5. The molecule has 0 fully saturated rings. The zero-order chi connectivity index (χ0) is 26.1. The van der Waals surface area contributed by atoms with Gasteiger partial charge in [-0.3, -0.25) is 4.79 Å². The van der Waals surface area contributed by atoms with Crippen molar-refractivity contribution in [2.75, 3.05) is 13.7 Å². The monoisotopic (exact) mass is 581 g/mol. The van der Waals surface area contributed by atoms with E-state index in [2.05, 4.69) is 26.0 Å². The van der Waals surface area contributed by atoms with E-state index in [-0.39, 0.29) is 22.3 Å². The van der Waals surface area contributed by atoms with Gasteiger partial charge in [0.25, 0.3) is 5.56 Å². The lowest BCUT2D eigenvalue weighted by Crippen LogP contribution is -2.20. The molecule has 3 aromatic carbocycles. The molecule has 0 atom stereocenters. The van der Waals surface area contributed by atoms with Gasteiger partial charge in [0.15, 0.2) is 23.9 Å². The van der Waals surface area contributed by atoms with E-state index >= 15 is 0 Å². The summed E-state index contributed by atoms with van der Waals surface area (Å²) in [4.78, 5) is 29.1. The quantitative estimate of drug-likeness (QED) is 0.249. The molecular weight excluding hydrogens is 566 g/mol. The summed E-state index contributed by atoms with van der Waals surface area (Å²) in [5, 5.41) is 14.7. The summed E-state index contributed by atoms with van der Waals surface area (Å²) in [6.07, 6.45) is 1.41. The van der Waals surface area contributed by atoms with E-state index in [0.29, 0.717) is 32.3 Å². The largest absolute Gasteiger partial charge is 0.493 e. The minimum absolute atomic E-state index is 0.0584. The molecule has 0 saturated carbocycles. The maximum absolute atomic E-state index is 13.5. The van der Waals surface area contributed by atoms with E-state index < -0.39 is 18.1 Å². The van der Waals surface area contributed by atoms with Crippen LogP contribution in [-0.4, -0.2) is 40.7 Å². The molecular formula is C26H17BrClN3O6. The molecule has 0 spiro atoms. The average Bonchev–Trinajstić information content (AvgIpc) is 3.33. The molecule has 0 radical (unpaired) electrons. The molecule has 186 valence electrons. The number of carboxylic acid groups (broad SMARTS) is 1. The number of aromatic nitrogens is 2. The molecule has 1 N–H and O–H groups in total. The lowest BCUT2D eigenvalue weighted by Gasteiger charge is -2.14. The predicted octanol–water partition coefficient (Wildman–Crippen LogP) is 5.58. The van der Waals surface area contributed by atoms with Gasteiger partial charge in [0.05, 0.1) is 24.2 Å². The molecule has 0 bridgehead atoms. The van der Waals surface area contributed by atoms with Crippen LogP contribution in [0.15, 0.2) is 79.4 Å². The highest BCUT2D eigenvalue weighted by Crippen LogP contribution is 2.42. The van der Waals surface area contributed by atoms with Gasteiger partial charge >= 0.3 is 5.97 Å². The number of rotatable bonds is 7. The standard InChI is InChI=1S/C26H17BrClN3O6/c1-35-19-11-15(22(27)23(28)24(19)36-13-21(32)33)12-29-31-25(20-10-14-6-2-5-9-18(14)37-20)30-17-8-4-3-7-16(17)26(31)34/h2-12H,13H2,1H3,(H,32,33). The molecule has 0 unspecified atom stereocenters. The number of furan rings is 1. The third kappa shape index (κ3) is 4.68. The molecule has 2 aromatic heterocycles. The normalized spacial score (nSPS) is 11.4. The molecule has 0 saturated heterocycles. The molecule has 0 aliphatic heterocycles. The first-order chi connectivity index (χ1) is 17.9. The Kier molecular flexibility index (Phi) is 6.68. The van der Waals surface area contributed by atoms with Gasteiger partial charge < -0.3 is 19.0 Å². The van der Waals surface area contributed by atoms with Crippen LogP contribution in [0.2, 0.25) is 5.02 Å². The minimum Gasteiger partial charge on any atom is -0.493 e. The van der Waals surface area contributed by atoms with E-state index in [0.717, 1.165) is 10.1 Å². The van der Waals surface area contributed by atoms with Gasteiger partial charge in [0.1, 0.15) is 10.6 Å². The summed E-state index contributed by atoms with van der Waals surface area (Å²) >= 11 is 9.82. The number of halogens is 2. The number of ether oxygens (including phenoxy) is 2. The maximum atomic E-state index is 13.5. The van der Waals surface area contributed by atoms with E-state index in [1.54, 1.807) is 36.4 Å². The maximum Gasteiger partial charge on any atom is 0.341 e. The van der Waals surface area contributed by atoms with Crippen LogP contribution in [0.3, 0.4) is 0 Å². The first-order valence-corrected chi connectivity index (χ1v) is 12.0. The van der Waals surface area contributed by atoms with Gasteiger partial charge in [-0.1, -0.05) is 41.9 Å². The second kappa shape index (κ2) is 10.1. The number of hydrogen-bond acceptors (Lipinski definition) is 7. The molecule has 0 aliphatic rings. The summed E-state index contributed by atoms with van der Waals surface area (Å²) in [6, 6.07) is 17.8. The fraction of sp³-hybridized carbons (Fsp3) is 0.0769. The SMILES string of the molecule is COc1cc(C=Nn2c(-c3cc4ccccc4o3)nc3ccccc3c2=O)c(Br)c(Cl)c1OCC(=O)O. The van der Waals surface area contributed by atoms with E-state index in [1.165, 1.54) is 13.3 Å². The second-order valence-electron chi connectivity index (χ2n) is 7.77. The van der Waals surface area contributed by atoms with Crippen molar-refractivity contribution in [1.29, 1.82) is 0 Å². The van der Waals surface area contributed by atoms with Gasteiger partial charge in [-0.2, -0.15) is 9.78 Å². The first-order valence-electron chi connectivity index (χ1n) is 10.8. The molecule has 0 aliphatic carbocycles. The summed E-state index contributed by atoms with van der Waals surface area (Å²) in [5.74, 6) is -0.332. The predicted molar refractivity (Wildman–Crippen MR) is 143 cm³/mol. The van der Waals surface area contributed by atoms with Crippen LogP contribution in [0.1, 0.15) is 5.56 Å². The van der Waals surface area contributed by atoms with Crippen molar-refractivity contribution in [3.05, 3.63) is 86.1 Å². The van der Waals surface area contributed by atoms with Crippen LogP contribution >= 0.6 is 27.5 Å². The fourth-order valence-electron chi connectivity index (χ4n) is 3.72. The number of carboxylic acids is 1. The number of carbonyl (C=O) groups is 1. The first kappa shape index (κ1) is 24.5. The number of methoxy groups -OCH3 is 1. The van der Waals surface area contributed by atoms with Crippen molar-refractivity contribution >= 4 is 61.6 Å². The number of benzene rings is 3. The average molecular weight is 583 g/mol. The summed E-state index contributed by atoms with van der Waals surface area (Å²) in [7, 11) is 1.39. The van der Waals surface area contributed by atoms with Crippen molar-refractivity contribution in [2.24, 2.45) is 5.10 Å².